The van der Waals surface area contributed by atoms with E-state index in [0.717, 1.165) is 6.07 Å². The largest absolute Gasteiger partial charge is 0.368 e. The third-order valence-electron chi connectivity index (χ3n) is 2.87. The maximum absolute atomic E-state index is 11.9. The number of aromatic nitrogens is 7. The molecule has 5 rings (SSSR count). The Hall–Kier alpha value is -4.14. The van der Waals surface area contributed by atoms with Gasteiger partial charge in [0.25, 0.3) is 0 Å². The second-order valence-electron chi connectivity index (χ2n) is 5.27. The van der Waals surface area contributed by atoms with Crippen LogP contribution in [0.15, 0.2) is 104 Å². The van der Waals surface area contributed by atoms with Gasteiger partial charge in [-0.15, -0.1) is 0 Å². The van der Waals surface area contributed by atoms with E-state index in [-0.39, 0.29) is 0 Å². The second-order valence-corrected chi connectivity index (χ2v) is 5.27. The van der Waals surface area contributed by atoms with Gasteiger partial charge in [0.1, 0.15) is 24.3 Å². The van der Waals surface area contributed by atoms with Gasteiger partial charge < -0.3 is 4.98 Å². The van der Waals surface area contributed by atoms with Crippen molar-refractivity contribution in [2.45, 2.75) is 48.5 Å². The first-order valence-corrected chi connectivity index (χ1v) is 11.8. The number of H-pyrrole nitrogens is 3. The van der Waals surface area contributed by atoms with Crippen molar-refractivity contribution in [2.75, 3.05) is 0 Å². The minimum absolute atomic E-state index is 0.537. The van der Waals surface area contributed by atoms with Crippen LogP contribution in [0.3, 0.4) is 0 Å². The van der Waals surface area contributed by atoms with E-state index in [1.54, 1.807) is 24.8 Å². The molecule has 0 spiro atoms. The Kier molecular flexibility index (Phi) is 33.4. The summed E-state index contributed by atoms with van der Waals surface area (Å²) in [4.78, 5) is 10.3. The van der Waals surface area contributed by atoms with E-state index in [2.05, 4.69) is 35.3 Å². The van der Waals surface area contributed by atoms with Crippen molar-refractivity contribution in [1.29, 1.82) is 0 Å². The predicted molar refractivity (Wildman–Crippen MR) is 145 cm³/mol. The predicted octanol–water partition coefficient (Wildman–Crippen LogP) is 7.66. The van der Waals surface area contributed by atoms with Crippen molar-refractivity contribution in [1.82, 2.24) is 35.3 Å². The molecule has 4 aromatic heterocycles. The molecule has 0 atom stereocenters. The fourth-order valence-electron chi connectivity index (χ4n) is 1.55. The zero-order valence-corrected chi connectivity index (χ0v) is 22.4. The van der Waals surface area contributed by atoms with Crippen molar-refractivity contribution in [3.05, 3.63) is 122 Å². The van der Waals surface area contributed by atoms with Gasteiger partial charge in [0, 0.05) is 43.2 Å². The molecule has 0 saturated heterocycles. The molecule has 7 nitrogen and oxygen atoms in total. The van der Waals surface area contributed by atoms with E-state index in [9.17, 15) is 8.78 Å². The minimum atomic E-state index is -0.537. The van der Waals surface area contributed by atoms with Gasteiger partial charge in [-0.2, -0.15) is 10.2 Å². The number of halogens is 2. The molecule has 1 aromatic carbocycles. The van der Waals surface area contributed by atoms with Crippen LogP contribution in [0.25, 0.3) is 0 Å². The number of hydrogen-bond donors (Lipinski definition) is 3. The summed E-state index contributed by atoms with van der Waals surface area (Å²) in [5, 5.41) is 12.2. The van der Waals surface area contributed by atoms with E-state index >= 15 is 0 Å². The molecule has 0 fully saturated rings. The standard InChI is InChI=1S/C6H4F2.C6H7N.C4H5N.C3H4N2.C2H3N3.3C2H6/c7-5-2-1-3-6(8)4-5;1-6-2-4-7-5-3-6;2*1-2-4-5-3-1;1-3-2-5-4-1;3*1-2/h1-4H;2-5H,1H3;1-5H;1-3H,(H,4,5);1-2H,(H,3,4,5);3*1-2H3. The fourth-order valence-corrected chi connectivity index (χ4v) is 1.55. The molecule has 198 valence electrons. The molecule has 0 aliphatic carbocycles. The molecule has 0 aliphatic rings. The van der Waals surface area contributed by atoms with Crippen LogP contribution in [0.5, 0.6) is 0 Å². The van der Waals surface area contributed by atoms with Crippen LogP contribution in [0, 0.1) is 18.6 Å². The number of aromatic amines is 3. The summed E-state index contributed by atoms with van der Waals surface area (Å²) in [6.45, 7) is 14.0. The van der Waals surface area contributed by atoms with Gasteiger partial charge in [0.2, 0.25) is 0 Å². The molecule has 4 heterocycles. The molecule has 0 aliphatic heterocycles. The van der Waals surface area contributed by atoms with Crippen LogP contribution >= 0.6 is 0 Å². The van der Waals surface area contributed by atoms with Crippen LogP contribution in [0.2, 0.25) is 0 Å². The molecule has 0 amide bonds. The van der Waals surface area contributed by atoms with Crippen LogP contribution in [-0.4, -0.2) is 35.3 Å². The molecule has 9 heteroatoms. The Morgan fingerprint density at radius 2 is 1.19 bits per heavy atom. The zero-order valence-electron chi connectivity index (χ0n) is 22.4. The van der Waals surface area contributed by atoms with Crippen molar-refractivity contribution >= 4 is 0 Å². The summed E-state index contributed by atoms with van der Waals surface area (Å²) in [5.74, 6) is -1.07. The van der Waals surface area contributed by atoms with Gasteiger partial charge >= 0.3 is 0 Å². The molecule has 0 saturated carbocycles. The second kappa shape index (κ2) is 33.0. The summed E-state index contributed by atoms with van der Waals surface area (Å²) in [6.07, 6.45) is 13.7. The van der Waals surface area contributed by atoms with Gasteiger partial charge in [-0.25, -0.2) is 13.8 Å². The highest BCUT2D eigenvalue weighted by atomic mass is 19.1. The van der Waals surface area contributed by atoms with Crippen LogP contribution in [-0.2, 0) is 0 Å². The van der Waals surface area contributed by atoms with Crippen molar-refractivity contribution < 1.29 is 8.78 Å². The first kappa shape index (κ1) is 36.4. The third kappa shape index (κ3) is 29.9. The number of benzene rings is 1. The highest BCUT2D eigenvalue weighted by Crippen LogP contribution is 1.99. The maximum Gasteiger partial charge on any atom is 0.137 e. The molecule has 0 unspecified atom stereocenters. The zero-order chi connectivity index (χ0) is 27.7. The van der Waals surface area contributed by atoms with E-state index in [1.165, 1.54) is 36.4 Å². The monoisotopic (exact) mass is 501 g/mol. The van der Waals surface area contributed by atoms with Crippen molar-refractivity contribution in [3.63, 3.8) is 0 Å². The number of rotatable bonds is 0. The van der Waals surface area contributed by atoms with Gasteiger partial charge in [-0.1, -0.05) is 47.6 Å². The molecule has 0 bridgehead atoms. The van der Waals surface area contributed by atoms with Gasteiger partial charge in [0.05, 0.1) is 0 Å². The summed E-state index contributed by atoms with van der Waals surface area (Å²) in [5.41, 5.74) is 1.26. The Morgan fingerprint density at radius 3 is 1.39 bits per heavy atom. The van der Waals surface area contributed by atoms with Crippen LogP contribution in [0.4, 0.5) is 8.78 Å². The lowest BCUT2D eigenvalue weighted by molar-refractivity contribution is 0.583. The third-order valence-corrected chi connectivity index (χ3v) is 2.87. The summed E-state index contributed by atoms with van der Waals surface area (Å²) >= 11 is 0. The van der Waals surface area contributed by atoms with Gasteiger partial charge in [-0.3, -0.25) is 15.2 Å². The molecule has 3 N–H and O–H groups in total. The lowest BCUT2D eigenvalue weighted by Gasteiger charge is -1.84. The van der Waals surface area contributed by atoms with Crippen LogP contribution in [0.1, 0.15) is 47.1 Å². The van der Waals surface area contributed by atoms with Crippen molar-refractivity contribution in [2.24, 2.45) is 0 Å². The Bertz CT molecular complexity index is 798. The smallest absolute Gasteiger partial charge is 0.137 e. The number of pyridine rings is 1. The summed E-state index contributed by atoms with van der Waals surface area (Å²) in [6, 6.07) is 14.2. The van der Waals surface area contributed by atoms with E-state index in [0.29, 0.717) is 0 Å². The topological polar surface area (TPSA) is 98.9 Å². The normalized spacial score (nSPS) is 7.58. The lowest BCUT2D eigenvalue weighted by atomic mass is 10.3. The summed E-state index contributed by atoms with van der Waals surface area (Å²) < 4.78 is 23.9. The Morgan fingerprint density at radius 1 is 0.611 bits per heavy atom. The number of hydrogen-bond acceptors (Lipinski definition) is 4. The Balaban J connectivity index is -0.000000363. The molecule has 36 heavy (non-hydrogen) atoms. The number of nitrogens with zero attached hydrogens (tertiary/aromatic N) is 4. The quantitative estimate of drug-likeness (QED) is 0.203. The molecule has 0 radical (unpaired) electrons. The summed E-state index contributed by atoms with van der Waals surface area (Å²) in [7, 11) is 0. The fraction of sp³-hybridized carbons (Fsp3) is 0.259. The van der Waals surface area contributed by atoms with Crippen molar-refractivity contribution in [3.8, 4) is 0 Å². The van der Waals surface area contributed by atoms with Gasteiger partial charge in [0.15, 0.2) is 0 Å². The first-order chi connectivity index (χ1) is 17.7. The highest BCUT2D eigenvalue weighted by molar-refractivity contribution is 5.06. The highest BCUT2D eigenvalue weighted by Gasteiger charge is 1.88. The van der Waals surface area contributed by atoms with E-state index < -0.39 is 11.6 Å². The number of aryl methyl sites for hydroxylation is 1. The van der Waals surface area contributed by atoms with Crippen LogP contribution < -0.4 is 0 Å². The minimum Gasteiger partial charge on any atom is -0.368 e. The van der Waals surface area contributed by atoms with Gasteiger partial charge in [-0.05, 0) is 55.0 Å². The van der Waals surface area contributed by atoms with E-state index in [1.807, 2.05) is 91.2 Å². The Labute approximate surface area is 214 Å². The van der Waals surface area contributed by atoms with E-state index in [4.69, 9.17) is 0 Å². The number of nitrogens with one attached hydrogen (secondary N) is 3. The average Bonchev–Trinajstić information content (AvgIpc) is 3.76. The molecule has 5 aromatic rings. The molecular weight excluding hydrogens is 460 g/mol. The lowest BCUT2D eigenvalue weighted by Crippen LogP contribution is -1.73. The first-order valence-electron chi connectivity index (χ1n) is 11.8. The maximum atomic E-state index is 11.9. The SMILES string of the molecule is CC.CC.CC.Cc1ccncc1.Fc1cccc(F)c1.c1cc[nH]c1.c1cn[nH]c1.c1nc[nH]n1. The average molecular weight is 502 g/mol. The molecular formula is C27H41F2N7.